The first-order valence-corrected chi connectivity index (χ1v) is 13.5. The van der Waals surface area contributed by atoms with Crippen LogP contribution in [-0.2, 0) is 35.2 Å². The van der Waals surface area contributed by atoms with E-state index >= 15 is 0 Å². The Morgan fingerprint density at radius 2 is 1.87 bits per heavy atom. The number of hydrogen-bond donors (Lipinski definition) is 0. The summed E-state index contributed by atoms with van der Waals surface area (Å²) in [6, 6.07) is 4.09. The Bertz CT molecular complexity index is 1140. The maximum absolute atomic E-state index is 13.4. The van der Waals surface area contributed by atoms with Crippen LogP contribution in [0.5, 0.6) is 0 Å². The summed E-state index contributed by atoms with van der Waals surface area (Å²) in [5.41, 5.74) is 0.124. The number of ether oxygens (including phenoxy) is 2. The molecule has 0 bridgehead atoms. The van der Waals surface area contributed by atoms with Crippen LogP contribution in [0, 0.1) is 0 Å². The largest absolute Gasteiger partial charge is 0.453 e. The topological polar surface area (TPSA) is 76.9 Å². The van der Waals surface area contributed by atoms with E-state index in [-0.39, 0.29) is 35.3 Å². The Morgan fingerprint density at radius 1 is 1.18 bits per heavy atom. The molecular weight excluding hydrogens is 537 g/mol. The Kier molecular flexibility index (Phi) is 10.1. The minimum atomic E-state index is -4.59. The Morgan fingerprint density at radius 3 is 2.44 bits per heavy atom. The number of aryl methyl sites for hydroxylation is 1. The predicted octanol–water partition coefficient (Wildman–Crippen LogP) is 6.54. The van der Waals surface area contributed by atoms with Gasteiger partial charge >= 0.3 is 18.4 Å². The molecule has 216 valence electrons. The minimum absolute atomic E-state index is 0.0771. The van der Waals surface area contributed by atoms with E-state index in [1.54, 1.807) is 23.4 Å². The van der Waals surface area contributed by atoms with Crippen molar-refractivity contribution in [3.63, 3.8) is 0 Å². The fourth-order valence-corrected chi connectivity index (χ4v) is 5.36. The molecule has 0 spiro atoms. The molecule has 1 fully saturated rings. The number of amides is 2. The zero-order valence-corrected chi connectivity index (χ0v) is 23.6. The molecule has 2 heterocycles. The van der Waals surface area contributed by atoms with E-state index in [0.29, 0.717) is 32.2 Å². The molecule has 0 radical (unpaired) electrons. The van der Waals surface area contributed by atoms with Crippen LogP contribution in [0.2, 0.25) is 5.02 Å². The maximum atomic E-state index is 13.4. The molecule has 1 saturated heterocycles. The molecule has 8 nitrogen and oxygen atoms in total. The Hall–Kier alpha value is -2.95. The van der Waals surface area contributed by atoms with Crippen molar-refractivity contribution >= 4 is 23.8 Å². The van der Waals surface area contributed by atoms with E-state index in [9.17, 15) is 22.8 Å². The second kappa shape index (κ2) is 12.9. The Labute approximate surface area is 232 Å². The number of rotatable bonds is 8. The number of nitrogens with zero attached hydrogens (tertiary/aromatic N) is 4. The van der Waals surface area contributed by atoms with Crippen LogP contribution in [0.4, 0.5) is 22.8 Å². The molecule has 12 heteroatoms. The van der Waals surface area contributed by atoms with Gasteiger partial charge in [0.1, 0.15) is 0 Å². The van der Waals surface area contributed by atoms with E-state index in [2.05, 4.69) is 5.10 Å². The van der Waals surface area contributed by atoms with Crippen molar-refractivity contribution in [2.24, 2.45) is 0 Å². The van der Waals surface area contributed by atoms with Crippen LogP contribution in [0.25, 0.3) is 0 Å². The van der Waals surface area contributed by atoms with Crippen molar-refractivity contribution in [2.45, 2.75) is 96.9 Å². The summed E-state index contributed by atoms with van der Waals surface area (Å²) in [7, 11) is 1.23. The summed E-state index contributed by atoms with van der Waals surface area (Å²) in [4.78, 5) is 29.4. The number of alkyl halides is 3. The van der Waals surface area contributed by atoms with Gasteiger partial charge in [-0.05, 0) is 69.9 Å². The summed E-state index contributed by atoms with van der Waals surface area (Å²) in [5, 5.41) is 4.49. The Balaban J connectivity index is 1.97. The third-order valence-electron chi connectivity index (χ3n) is 6.85. The second-order valence-electron chi connectivity index (χ2n) is 9.99. The molecule has 0 aliphatic carbocycles. The van der Waals surface area contributed by atoms with Gasteiger partial charge in [0.05, 0.1) is 24.5 Å². The lowest BCUT2D eigenvalue weighted by atomic mass is 9.87. The van der Waals surface area contributed by atoms with Gasteiger partial charge in [-0.3, -0.25) is 4.68 Å². The lowest BCUT2D eigenvalue weighted by molar-refractivity contribution is -0.137. The lowest BCUT2D eigenvalue weighted by Gasteiger charge is -2.47. The number of hydrogen-bond acceptors (Lipinski definition) is 5. The SMILES string of the molecule is CC[C@@H]1C[C@H](N(Cc2cc(Cl)cc(C(F)(F)F)c2)C(=O)OC)C[C@H](Cc2ccn(CC)n2)N1C(=O)OC(C)C. The average molecular weight is 573 g/mol. The number of methoxy groups -OCH3 is 1. The van der Waals surface area contributed by atoms with Crippen LogP contribution in [0.1, 0.15) is 63.8 Å². The normalized spacial score (nSPS) is 19.7. The number of aromatic nitrogens is 2. The molecule has 0 N–H and O–H groups in total. The van der Waals surface area contributed by atoms with Crippen LogP contribution < -0.4 is 0 Å². The van der Waals surface area contributed by atoms with Crippen LogP contribution in [-0.4, -0.2) is 63.1 Å². The van der Waals surface area contributed by atoms with Crippen LogP contribution in [0.15, 0.2) is 30.5 Å². The van der Waals surface area contributed by atoms with Gasteiger partial charge in [-0.2, -0.15) is 18.3 Å². The summed E-state index contributed by atoms with van der Waals surface area (Å²) in [6.45, 7) is 8.04. The fraction of sp³-hybridized carbons (Fsp3) is 0.593. The molecule has 2 aromatic rings. The molecule has 2 amide bonds. The highest BCUT2D eigenvalue weighted by atomic mass is 35.5. The van der Waals surface area contributed by atoms with Crippen LogP contribution >= 0.6 is 11.6 Å². The van der Waals surface area contributed by atoms with Gasteiger partial charge in [0.15, 0.2) is 0 Å². The average Bonchev–Trinajstić information content (AvgIpc) is 3.32. The van der Waals surface area contributed by atoms with Crippen molar-refractivity contribution in [1.29, 1.82) is 0 Å². The second-order valence-corrected chi connectivity index (χ2v) is 10.4. The molecule has 0 unspecified atom stereocenters. The van der Waals surface area contributed by atoms with E-state index in [0.717, 1.165) is 17.8 Å². The van der Waals surface area contributed by atoms with Gasteiger partial charge in [-0.25, -0.2) is 9.59 Å². The van der Waals surface area contributed by atoms with Gasteiger partial charge in [-0.1, -0.05) is 18.5 Å². The summed E-state index contributed by atoms with van der Waals surface area (Å²) >= 11 is 6.01. The monoisotopic (exact) mass is 572 g/mol. The van der Waals surface area contributed by atoms with E-state index in [4.69, 9.17) is 21.1 Å². The number of piperidine rings is 1. The molecule has 1 aromatic carbocycles. The van der Waals surface area contributed by atoms with E-state index in [1.807, 2.05) is 26.1 Å². The quantitative estimate of drug-likeness (QED) is 0.359. The zero-order valence-electron chi connectivity index (χ0n) is 22.9. The predicted molar refractivity (Wildman–Crippen MR) is 140 cm³/mol. The number of benzene rings is 1. The first kappa shape index (κ1) is 30.6. The summed E-state index contributed by atoms with van der Waals surface area (Å²) in [6.07, 6.45) is -2.36. The first-order valence-electron chi connectivity index (χ1n) is 13.1. The summed E-state index contributed by atoms with van der Waals surface area (Å²) in [5.74, 6) is 0. The van der Waals surface area contributed by atoms with Gasteiger partial charge < -0.3 is 19.3 Å². The van der Waals surface area contributed by atoms with Crippen LogP contribution in [0.3, 0.4) is 0 Å². The maximum Gasteiger partial charge on any atom is 0.416 e. The van der Waals surface area contributed by atoms with Crippen molar-refractivity contribution in [3.8, 4) is 0 Å². The molecule has 1 aliphatic rings. The summed E-state index contributed by atoms with van der Waals surface area (Å²) < 4.78 is 52.7. The number of likely N-dealkylation sites (tertiary alicyclic amines) is 1. The molecular formula is C27H36ClF3N4O4. The third-order valence-corrected chi connectivity index (χ3v) is 7.06. The molecule has 1 aromatic heterocycles. The third kappa shape index (κ3) is 7.80. The highest BCUT2D eigenvalue weighted by Crippen LogP contribution is 2.35. The molecule has 0 saturated carbocycles. The minimum Gasteiger partial charge on any atom is -0.453 e. The molecule has 3 atom stereocenters. The standard InChI is InChI=1S/C27H36ClF3N4O4/c1-6-22-14-23(34(25(36)38-5)16-18-10-19(27(29,30)31)12-20(28)11-18)15-24(35(22)26(37)39-17(3)4)13-21-8-9-33(7-2)32-21/h8-12,17,22-24H,6-7,13-16H2,1-5H3/t22-,23+,24+/m1/s1. The first-order chi connectivity index (χ1) is 18.4. The van der Waals surface area contributed by atoms with Gasteiger partial charge in [0.25, 0.3) is 0 Å². The fourth-order valence-electron chi connectivity index (χ4n) is 5.10. The van der Waals surface area contributed by atoms with Crippen molar-refractivity contribution in [3.05, 3.63) is 52.3 Å². The van der Waals surface area contributed by atoms with Crippen molar-refractivity contribution in [2.75, 3.05) is 7.11 Å². The van der Waals surface area contributed by atoms with Gasteiger partial charge in [-0.15, -0.1) is 0 Å². The molecule has 3 rings (SSSR count). The zero-order chi connectivity index (χ0) is 28.9. The van der Waals surface area contributed by atoms with Gasteiger partial charge in [0.2, 0.25) is 0 Å². The van der Waals surface area contributed by atoms with Crippen molar-refractivity contribution < 1.29 is 32.2 Å². The molecule has 39 heavy (non-hydrogen) atoms. The van der Waals surface area contributed by atoms with Crippen molar-refractivity contribution in [1.82, 2.24) is 19.6 Å². The molecule has 1 aliphatic heterocycles. The highest BCUT2D eigenvalue weighted by Gasteiger charge is 2.42. The number of carbonyl (C=O) groups is 2. The van der Waals surface area contributed by atoms with E-state index in [1.165, 1.54) is 18.1 Å². The van der Waals surface area contributed by atoms with Gasteiger partial charge in [0, 0.05) is 48.9 Å². The number of halogens is 4. The van der Waals surface area contributed by atoms with E-state index < -0.39 is 30.0 Å². The highest BCUT2D eigenvalue weighted by molar-refractivity contribution is 6.30. The lowest BCUT2D eigenvalue weighted by Crippen LogP contribution is -2.58. The number of carbonyl (C=O) groups excluding carboxylic acids is 2. The smallest absolute Gasteiger partial charge is 0.416 e.